The Morgan fingerprint density at radius 2 is 1.88 bits per heavy atom. The molecule has 0 aromatic carbocycles. The zero-order valence-electron chi connectivity index (χ0n) is 10.8. The molecule has 4 atom stereocenters. The molecule has 4 nitrogen and oxygen atoms in total. The standard InChI is InChI=1S/C12H25NO3/c1-8-5-12(7-13,6-9(2)15-8)16-11(4)10(3)14/h8-11,14H,5-7,13H2,1-4H3. The molecule has 0 bridgehead atoms. The average Bonchev–Trinajstić information content (AvgIpc) is 2.15. The van der Waals surface area contributed by atoms with Crippen LogP contribution in [0.25, 0.3) is 0 Å². The fourth-order valence-corrected chi connectivity index (χ4v) is 2.43. The molecule has 16 heavy (non-hydrogen) atoms. The smallest absolute Gasteiger partial charge is 0.0858 e. The minimum absolute atomic E-state index is 0.161. The highest BCUT2D eigenvalue weighted by molar-refractivity contribution is 4.91. The summed E-state index contributed by atoms with van der Waals surface area (Å²) < 4.78 is 11.7. The first-order valence-electron chi connectivity index (χ1n) is 6.10. The van der Waals surface area contributed by atoms with Crippen molar-refractivity contribution in [3.63, 3.8) is 0 Å². The van der Waals surface area contributed by atoms with Gasteiger partial charge in [-0.2, -0.15) is 0 Å². The first kappa shape index (κ1) is 13.9. The van der Waals surface area contributed by atoms with Crippen molar-refractivity contribution in [2.45, 2.75) is 70.6 Å². The molecule has 1 aliphatic rings. The van der Waals surface area contributed by atoms with E-state index in [1.54, 1.807) is 6.92 Å². The van der Waals surface area contributed by atoms with Crippen LogP contribution < -0.4 is 5.73 Å². The highest BCUT2D eigenvalue weighted by atomic mass is 16.5. The van der Waals surface area contributed by atoms with E-state index in [4.69, 9.17) is 15.2 Å². The van der Waals surface area contributed by atoms with Crippen LogP contribution in [0.4, 0.5) is 0 Å². The SMILES string of the molecule is CC1CC(CN)(OC(C)C(C)O)CC(C)O1. The number of aliphatic hydroxyl groups is 1. The van der Waals surface area contributed by atoms with Crippen LogP contribution in [0.15, 0.2) is 0 Å². The van der Waals surface area contributed by atoms with E-state index in [2.05, 4.69) is 0 Å². The van der Waals surface area contributed by atoms with Gasteiger partial charge < -0.3 is 20.3 Å². The summed E-state index contributed by atoms with van der Waals surface area (Å²) in [6.07, 6.45) is 1.25. The summed E-state index contributed by atoms with van der Waals surface area (Å²) in [7, 11) is 0. The predicted octanol–water partition coefficient (Wildman–Crippen LogP) is 1.06. The molecule has 1 rings (SSSR count). The summed E-state index contributed by atoms with van der Waals surface area (Å²) >= 11 is 0. The second-order valence-electron chi connectivity index (χ2n) is 5.12. The zero-order chi connectivity index (χ0) is 12.3. The Balaban J connectivity index is 2.68. The van der Waals surface area contributed by atoms with Crippen LogP contribution in [0.2, 0.25) is 0 Å². The molecule has 0 aliphatic carbocycles. The van der Waals surface area contributed by atoms with Crippen LogP contribution in [0.5, 0.6) is 0 Å². The van der Waals surface area contributed by atoms with Crippen molar-refractivity contribution in [3.8, 4) is 0 Å². The zero-order valence-corrected chi connectivity index (χ0v) is 10.8. The highest BCUT2D eigenvalue weighted by Gasteiger charge is 2.40. The molecular weight excluding hydrogens is 206 g/mol. The second kappa shape index (κ2) is 5.45. The van der Waals surface area contributed by atoms with Crippen LogP contribution in [-0.2, 0) is 9.47 Å². The van der Waals surface area contributed by atoms with Gasteiger partial charge in [-0.3, -0.25) is 0 Å². The Kier molecular flexibility index (Phi) is 4.73. The van der Waals surface area contributed by atoms with Gasteiger partial charge in [-0.05, 0) is 27.7 Å². The summed E-state index contributed by atoms with van der Waals surface area (Å²) in [6, 6.07) is 0. The lowest BCUT2D eigenvalue weighted by Crippen LogP contribution is -2.52. The number of nitrogens with two attached hydrogens (primary N) is 1. The van der Waals surface area contributed by atoms with E-state index in [-0.39, 0.29) is 23.9 Å². The normalized spacial score (nSPS) is 39.4. The molecule has 0 spiro atoms. The van der Waals surface area contributed by atoms with Crippen molar-refractivity contribution in [2.24, 2.45) is 5.73 Å². The van der Waals surface area contributed by atoms with Crippen LogP contribution >= 0.6 is 0 Å². The molecule has 1 aliphatic heterocycles. The van der Waals surface area contributed by atoms with E-state index in [1.165, 1.54) is 0 Å². The Morgan fingerprint density at radius 3 is 2.25 bits per heavy atom. The van der Waals surface area contributed by atoms with E-state index in [1.807, 2.05) is 20.8 Å². The van der Waals surface area contributed by atoms with Gasteiger partial charge in [0, 0.05) is 19.4 Å². The topological polar surface area (TPSA) is 64.7 Å². The third-order valence-electron chi connectivity index (χ3n) is 3.27. The number of rotatable bonds is 4. The maximum absolute atomic E-state index is 9.50. The van der Waals surface area contributed by atoms with Crippen molar-refractivity contribution in [3.05, 3.63) is 0 Å². The van der Waals surface area contributed by atoms with E-state index >= 15 is 0 Å². The van der Waals surface area contributed by atoms with Gasteiger partial charge in [-0.1, -0.05) is 0 Å². The third kappa shape index (κ3) is 3.42. The second-order valence-corrected chi connectivity index (χ2v) is 5.12. The minimum atomic E-state index is -0.475. The van der Waals surface area contributed by atoms with Gasteiger partial charge in [0.15, 0.2) is 0 Å². The van der Waals surface area contributed by atoms with E-state index < -0.39 is 6.10 Å². The molecule has 0 saturated carbocycles. The summed E-state index contributed by atoms with van der Waals surface area (Å²) in [6.45, 7) is 8.17. The van der Waals surface area contributed by atoms with E-state index in [0.29, 0.717) is 6.54 Å². The van der Waals surface area contributed by atoms with Gasteiger partial charge in [-0.15, -0.1) is 0 Å². The Morgan fingerprint density at radius 1 is 1.38 bits per heavy atom. The van der Waals surface area contributed by atoms with Gasteiger partial charge in [-0.25, -0.2) is 0 Å². The molecule has 0 radical (unpaired) electrons. The number of hydrogen-bond acceptors (Lipinski definition) is 4. The number of aliphatic hydroxyl groups excluding tert-OH is 1. The quantitative estimate of drug-likeness (QED) is 0.759. The molecule has 1 saturated heterocycles. The van der Waals surface area contributed by atoms with Crippen molar-refractivity contribution in [2.75, 3.05) is 6.54 Å². The van der Waals surface area contributed by atoms with Crippen molar-refractivity contribution >= 4 is 0 Å². The Hall–Kier alpha value is -0.160. The predicted molar refractivity (Wildman–Crippen MR) is 63.3 cm³/mol. The largest absolute Gasteiger partial charge is 0.391 e. The minimum Gasteiger partial charge on any atom is -0.391 e. The lowest BCUT2D eigenvalue weighted by molar-refractivity contribution is -0.188. The van der Waals surface area contributed by atoms with Crippen molar-refractivity contribution in [1.29, 1.82) is 0 Å². The van der Waals surface area contributed by atoms with Crippen LogP contribution in [-0.4, -0.2) is 41.7 Å². The lowest BCUT2D eigenvalue weighted by atomic mass is 9.87. The Labute approximate surface area is 98.1 Å². The highest BCUT2D eigenvalue weighted by Crippen LogP contribution is 2.32. The first-order chi connectivity index (χ1) is 7.38. The maximum atomic E-state index is 9.50. The monoisotopic (exact) mass is 231 g/mol. The fourth-order valence-electron chi connectivity index (χ4n) is 2.43. The van der Waals surface area contributed by atoms with Crippen LogP contribution in [0.1, 0.15) is 40.5 Å². The molecule has 3 N–H and O–H groups in total. The summed E-state index contributed by atoms with van der Waals surface area (Å²) in [5, 5.41) is 9.50. The maximum Gasteiger partial charge on any atom is 0.0858 e. The number of hydrogen-bond donors (Lipinski definition) is 2. The molecule has 0 aromatic heterocycles. The number of ether oxygens (including phenoxy) is 2. The van der Waals surface area contributed by atoms with E-state index in [9.17, 15) is 5.11 Å². The van der Waals surface area contributed by atoms with Crippen molar-refractivity contribution < 1.29 is 14.6 Å². The molecule has 4 heteroatoms. The van der Waals surface area contributed by atoms with Gasteiger partial charge >= 0.3 is 0 Å². The molecule has 0 amide bonds. The Bertz CT molecular complexity index is 210. The summed E-state index contributed by atoms with van der Waals surface area (Å²) in [5.74, 6) is 0. The molecule has 96 valence electrons. The molecule has 0 aromatic rings. The average molecular weight is 231 g/mol. The molecular formula is C12H25NO3. The first-order valence-corrected chi connectivity index (χ1v) is 6.10. The van der Waals surface area contributed by atoms with E-state index in [0.717, 1.165) is 12.8 Å². The molecule has 1 fully saturated rings. The van der Waals surface area contributed by atoms with Crippen molar-refractivity contribution in [1.82, 2.24) is 0 Å². The molecule has 4 unspecified atom stereocenters. The van der Waals surface area contributed by atoms with Crippen LogP contribution in [0, 0.1) is 0 Å². The van der Waals surface area contributed by atoms with Gasteiger partial charge in [0.2, 0.25) is 0 Å². The van der Waals surface area contributed by atoms with Gasteiger partial charge in [0.1, 0.15) is 0 Å². The third-order valence-corrected chi connectivity index (χ3v) is 3.27. The summed E-state index contributed by atoms with van der Waals surface area (Å²) in [5.41, 5.74) is 5.51. The van der Waals surface area contributed by atoms with Gasteiger partial charge in [0.25, 0.3) is 0 Å². The van der Waals surface area contributed by atoms with Gasteiger partial charge in [0.05, 0.1) is 30.0 Å². The summed E-state index contributed by atoms with van der Waals surface area (Å²) in [4.78, 5) is 0. The fraction of sp³-hybridized carbons (Fsp3) is 1.00. The lowest BCUT2D eigenvalue weighted by Gasteiger charge is -2.44. The molecule has 1 heterocycles. The van der Waals surface area contributed by atoms with Crippen LogP contribution in [0.3, 0.4) is 0 Å².